The van der Waals surface area contributed by atoms with Crippen molar-refractivity contribution in [2.24, 2.45) is 5.92 Å². The predicted octanol–water partition coefficient (Wildman–Crippen LogP) is 3.23. The predicted molar refractivity (Wildman–Crippen MR) is 75.3 cm³/mol. The van der Waals surface area contributed by atoms with Gasteiger partial charge in [-0.3, -0.25) is 0 Å². The Morgan fingerprint density at radius 2 is 1.94 bits per heavy atom. The molecule has 0 unspecified atom stereocenters. The number of rotatable bonds is 8. The van der Waals surface area contributed by atoms with E-state index in [0.29, 0.717) is 5.92 Å². The summed E-state index contributed by atoms with van der Waals surface area (Å²) in [5.74, 6) is 2.46. The summed E-state index contributed by atoms with van der Waals surface area (Å²) in [6, 6.07) is 5.97. The van der Waals surface area contributed by atoms with Crippen molar-refractivity contribution in [3.8, 4) is 11.5 Å². The highest BCUT2D eigenvalue weighted by molar-refractivity contribution is 5.40. The van der Waals surface area contributed by atoms with E-state index < -0.39 is 0 Å². The maximum absolute atomic E-state index is 5.94. The molecule has 1 rings (SSSR count). The molecule has 0 aliphatic carbocycles. The first-order valence-corrected chi connectivity index (χ1v) is 6.69. The van der Waals surface area contributed by atoms with Crippen LogP contribution in [0.3, 0.4) is 0 Å². The first-order valence-electron chi connectivity index (χ1n) is 6.69. The van der Waals surface area contributed by atoms with Gasteiger partial charge < -0.3 is 14.8 Å². The van der Waals surface area contributed by atoms with Gasteiger partial charge in [-0.2, -0.15) is 0 Å². The second kappa shape index (κ2) is 7.98. The summed E-state index contributed by atoms with van der Waals surface area (Å²) in [5.41, 5.74) is 1.14. The molecule has 18 heavy (non-hydrogen) atoms. The van der Waals surface area contributed by atoms with Crippen molar-refractivity contribution in [3.63, 3.8) is 0 Å². The third kappa shape index (κ3) is 4.22. The van der Waals surface area contributed by atoms with Crippen molar-refractivity contribution >= 4 is 0 Å². The molecule has 0 bridgehead atoms. The minimum atomic E-state index is 0.634. The molecular weight excluding hydrogens is 226 g/mol. The molecule has 1 aromatic carbocycles. The van der Waals surface area contributed by atoms with Crippen LogP contribution in [0, 0.1) is 5.92 Å². The standard InChI is InChI=1S/C15H25NO2/c1-5-12(6-2)11-18-15-8-7-14(17-4)9-13(15)10-16-3/h7-9,12,16H,5-6,10-11H2,1-4H3. The largest absolute Gasteiger partial charge is 0.497 e. The minimum absolute atomic E-state index is 0.634. The molecule has 0 spiro atoms. The van der Waals surface area contributed by atoms with Gasteiger partial charge in [-0.15, -0.1) is 0 Å². The highest BCUT2D eigenvalue weighted by Crippen LogP contribution is 2.25. The lowest BCUT2D eigenvalue weighted by atomic mass is 10.1. The van der Waals surface area contributed by atoms with Crippen molar-refractivity contribution in [2.45, 2.75) is 33.2 Å². The van der Waals surface area contributed by atoms with Crippen molar-refractivity contribution in [3.05, 3.63) is 23.8 Å². The number of nitrogens with one attached hydrogen (secondary N) is 1. The molecule has 0 fully saturated rings. The molecule has 0 amide bonds. The van der Waals surface area contributed by atoms with Crippen LogP contribution in [0.1, 0.15) is 32.3 Å². The van der Waals surface area contributed by atoms with E-state index in [1.54, 1.807) is 7.11 Å². The fourth-order valence-electron chi connectivity index (χ4n) is 1.88. The zero-order chi connectivity index (χ0) is 13.4. The summed E-state index contributed by atoms with van der Waals surface area (Å²) in [7, 11) is 3.62. The van der Waals surface area contributed by atoms with Crippen molar-refractivity contribution in [1.29, 1.82) is 0 Å². The van der Waals surface area contributed by atoms with E-state index in [9.17, 15) is 0 Å². The van der Waals surface area contributed by atoms with E-state index in [1.165, 1.54) is 0 Å². The van der Waals surface area contributed by atoms with Crippen LogP contribution in [0.5, 0.6) is 11.5 Å². The fraction of sp³-hybridized carbons (Fsp3) is 0.600. The van der Waals surface area contributed by atoms with Crippen molar-refractivity contribution in [2.75, 3.05) is 20.8 Å². The Morgan fingerprint density at radius 1 is 1.22 bits per heavy atom. The molecule has 1 aromatic rings. The monoisotopic (exact) mass is 251 g/mol. The lowest BCUT2D eigenvalue weighted by molar-refractivity contribution is 0.238. The minimum Gasteiger partial charge on any atom is -0.497 e. The second-order valence-electron chi connectivity index (χ2n) is 4.50. The summed E-state index contributed by atoms with van der Waals surface area (Å²) in [6.45, 7) is 5.99. The molecule has 0 saturated carbocycles. The Hall–Kier alpha value is -1.22. The van der Waals surface area contributed by atoms with Gasteiger partial charge in [-0.25, -0.2) is 0 Å². The number of ether oxygens (including phenoxy) is 2. The Kier molecular flexibility index (Phi) is 6.58. The van der Waals surface area contributed by atoms with E-state index >= 15 is 0 Å². The fourth-order valence-corrected chi connectivity index (χ4v) is 1.88. The average Bonchev–Trinajstić information content (AvgIpc) is 2.41. The van der Waals surface area contributed by atoms with Gasteiger partial charge in [0.25, 0.3) is 0 Å². The number of methoxy groups -OCH3 is 1. The molecule has 0 atom stereocenters. The quantitative estimate of drug-likeness (QED) is 0.769. The topological polar surface area (TPSA) is 30.5 Å². The van der Waals surface area contributed by atoms with Gasteiger partial charge in [0, 0.05) is 12.1 Å². The van der Waals surface area contributed by atoms with Gasteiger partial charge in [0.1, 0.15) is 11.5 Å². The normalized spacial score (nSPS) is 10.7. The molecule has 102 valence electrons. The van der Waals surface area contributed by atoms with E-state index in [1.807, 2.05) is 25.2 Å². The Morgan fingerprint density at radius 3 is 2.50 bits per heavy atom. The highest BCUT2D eigenvalue weighted by atomic mass is 16.5. The third-order valence-corrected chi connectivity index (χ3v) is 3.26. The molecular formula is C15H25NO2. The van der Waals surface area contributed by atoms with Crippen molar-refractivity contribution in [1.82, 2.24) is 5.32 Å². The lowest BCUT2D eigenvalue weighted by Gasteiger charge is -2.17. The molecule has 0 radical (unpaired) electrons. The van der Waals surface area contributed by atoms with Crippen LogP contribution in [0.4, 0.5) is 0 Å². The van der Waals surface area contributed by atoms with E-state index in [2.05, 4.69) is 19.2 Å². The average molecular weight is 251 g/mol. The second-order valence-corrected chi connectivity index (χ2v) is 4.50. The highest BCUT2D eigenvalue weighted by Gasteiger charge is 2.08. The van der Waals surface area contributed by atoms with Crippen molar-refractivity contribution < 1.29 is 9.47 Å². The van der Waals surface area contributed by atoms with Crippen LogP contribution in [0.25, 0.3) is 0 Å². The van der Waals surface area contributed by atoms with Gasteiger partial charge >= 0.3 is 0 Å². The van der Waals surface area contributed by atoms with Gasteiger partial charge in [0.2, 0.25) is 0 Å². The van der Waals surface area contributed by atoms with E-state index in [-0.39, 0.29) is 0 Å². The molecule has 0 saturated heterocycles. The van der Waals surface area contributed by atoms with Crippen LogP contribution in [-0.2, 0) is 6.54 Å². The molecule has 0 aliphatic rings. The SMILES string of the molecule is CCC(CC)COc1ccc(OC)cc1CNC. The zero-order valence-electron chi connectivity index (χ0n) is 12.0. The Balaban J connectivity index is 2.74. The van der Waals surface area contributed by atoms with Crippen LogP contribution < -0.4 is 14.8 Å². The maximum atomic E-state index is 5.94. The van der Waals surface area contributed by atoms with Gasteiger partial charge in [-0.1, -0.05) is 26.7 Å². The van der Waals surface area contributed by atoms with Crippen LogP contribution in [-0.4, -0.2) is 20.8 Å². The summed E-state index contributed by atoms with van der Waals surface area (Å²) < 4.78 is 11.2. The first-order chi connectivity index (χ1) is 8.74. The summed E-state index contributed by atoms with van der Waals surface area (Å²) >= 11 is 0. The molecule has 0 heterocycles. The molecule has 3 nitrogen and oxygen atoms in total. The summed E-state index contributed by atoms with van der Waals surface area (Å²) in [5, 5.41) is 3.16. The Labute approximate surface area is 110 Å². The maximum Gasteiger partial charge on any atom is 0.124 e. The molecule has 0 aromatic heterocycles. The Bertz CT molecular complexity index is 348. The van der Waals surface area contributed by atoms with Crippen LogP contribution in [0.2, 0.25) is 0 Å². The van der Waals surface area contributed by atoms with E-state index in [4.69, 9.17) is 9.47 Å². The van der Waals surface area contributed by atoms with Crippen LogP contribution in [0.15, 0.2) is 18.2 Å². The third-order valence-electron chi connectivity index (χ3n) is 3.26. The van der Waals surface area contributed by atoms with E-state index in [0.717, 1.165) is 43.1 Å². The van der Waals surface area contributed by atoms with Gasteiger partial charge in [0.15, 0.2) is 0 Å². The summed E-state index contributed by atoms with van der Waals surface area (Å²) in [4.78, 5) is 0. The smallest absolute Gasteiger partial charge is 0.124 e. The van der Waals surface area contributed by atoms with Gasteiger partial charge in [0.05, 0.1) is 13.7 Å². The van der Waals surface area contributed by atoms with Crippen LogP contribution >= 0.6 is 0 Å². The van der Waals surface area contributed by atoms with Gasteiger partial charge in [-0.05, 0) is 31.2 Å². The first kappa shape index (κ1) is 14.8. The number of hydrogen-bond acceptors (Lipinski definition) is 3. The zero-order valence-corrected chi connectivity index (χ0v) is 12.0. The molecule has 1 N–H and O–H groups in total. The number of benzene rings is 1. The summed E-state index contributed by atoms with van der Waals surface area (Å²) in [6.07, 6.45) is 2.32. The molecule has 3 heteroatoms. The molecule has 0 aliphatic heterocycles. The lowest BCUT2D eigenvalue weighted by Crippen LogP contribution is -2.13. The number of hydrogen-bond donors (Lipinski definition) is 1.